The molecule has 1 atom stereocenters. The summed E-state index contributed by atoms with van der Waals surface area (Å²) in [5.74, 6) is 0.354. The van der Waals surface area contributed by atoms with E-state index in [-0.39, 0.29) is 6.61 Å². The average Bonchev–Trinajstić information content (AvgIpc) is 2.51. The average molecular weight is 208 g/mol. The highest BCUT2D eigenvalue weighted by Gasteiger charge is 2.24. The highest BCUT2D eigenvalue weighted by molar-refractivity contribution is 7.16. The van der Waals surface area contributed by atoms with Crippen LogP contribution in [0.3, 0.4) is 0 Å². The maximum atomic E-state index is 9.06. The number of aliphatic hydroxyl groups is 1. The predicted octanol–water partition coefficient (Wildman–Crippen LogP) is 1.30. The Balaban J connectivity index is 2.37. The molecule has 0 aliphatic heterocycles. The number of rotatable bonds is 1. The summed E-state index contributed by atoms with van der Waals surface area (Å²) in [5.41, 5.74) is 7.54. The maximum Gasteiger partial charge on any atom is 0.104 e. The molecule has 1 aromatic rings. The van der Waals surface area contributed by atoms with E-state index in [9.17, 15) is 0 Å². The third-order valence-corrected chi connectivity index (χ3v) is 3.85. The van der Waals surface area contributed by atoms with Crippen LogP contribution in [0.2, 0.25) is 0 Å². The van der Waals surface area contributed by atoms with Gasteiger partial charge in [0.25, 0.3) is 0 Å². The molecule has 0 spiro atoms. The molecular weight excluding hydrogens is 196 g/mol. The molecule has 0 aromatic carbocycles. The van der Waals surface area contributed by atoms with Crippen molar-refractivity contribution >= 4 is 16.3 Å². The third kappa shape index (κ3) is 1.39. The second kappa shape index (κ2) is 3.60. The van der Waals surface area contributed by atoms with Gasteiger partial charge in [-0.1, -0.05) is 0 Å². The Kier molecular flexibility index (Phi) is 2.44. The lowest BCUT2D eigenvalue weighted by molar-refractivity contribution is 0.214. The highest BCUT2D eigenvalue weighted by Crippen LogP contribution is 2.37. The van der Waals surface area contributed by atoms with Crippen LogP contribution in [0.4, 0.5) is 5.00 Å². The number of nitrogen functional groups attached to an aromatic ring is 1. The minimum atomic E-state index is 0.235. The zero-order valence-corrected chi connectivity index (χ0v) is 8.60. The minimum Gasteiger partial charge on any atom is -0.396 e. The summed E-state index contributed by atoms with van der Waals surface area (Å²) in [6.07, 6.45) is 2.73. The molecule has 0 fully saturated rings. The van der Waals surface area contributed by atoms with Crippen LogP contribution in [0, 0.1) is 17.2 Å². The van der Waals surface area contributed by atoms with Crippen molar-refractivity contribution in [3.05, 3.63) is 16.0 Å². The monoisotopic (exact) mass is 208 g/mol. The molecule has 1 aromatic heterocycles. The quantitative estimate of drug-likeness (QED) is 0.730. The topological polar surface area (TPSA) is 70.0 Å². The van der Waals surface area contributed by atoms with Gasteiger partial charge in [0.05, 0.1) is 5.56 Å². The van der Waals surface area contributed by atoms with E-state index in [4.69, 9.17) is 16.1 Å². The Hall–Kier alpha value is -1.05. The van der Waals surface area contributed by atoms with Gasteiger partial charge in [-0.25, -0.2) is 0 Å². The molecular formula is C10H12N2OS. The Morgan fingerprint density at radius 2 is 2.43 bits per heavy atom. The summed E-state index contributed by atoms with van der Waals surface area (Å²) in [6, 6.07) is 2.16. The number of fused-ring (bicyclic) bond motifs is 1. The van der Waals surface area contributed by atoms with Gasteiger partial charge in [0.2, 0.25) is 0 Å². The highest BCUT2D eigenvalue weighted by atomic mass is 32.1. The number of nitrogens with two attached hydrogens (primary N) is 1. The minimum absolute atomic E-state index is 0.235. The Morgan fingerprint density at radius 3 is 3.07 bits per heavy atom. The van der Waals surface area contributed by atoms with Gasteiger partial charge < -0.3 is 10.8 Å². The van der Waals surface area contributed by atoms with E-state index in [2.05, 4.69) is 6.07 Å². The van der Waals surface area contributed by atoms with Crippen molar-refractivity contribution in [2.75, 3.05) is 12.3 Å². The number of nitrogens with zero attached hydrogens (tertiary/aromatic N) is 1. The van der Waals surface area contributed by atoms with Gasteiger partial charge in [-0.15, -0.1) is 11.3 Å². The van der Waals surface area contributed by atoms with Crippen LogP contribution >= 0.6 is 11.3 Å². The molecule has 0 saturated carbocycles. The summed E-state index contributed by atoms with van der Waals surface area (Å²) >= 11 is 1.50. The van der Waals surface area contributed by atoms with Gasteiger partial charge in [-0.2, -0.15) is 5.26 Å². The van der Waals surface area contributed by atoms with E-state index in [0.29, 0.717) is 16.5 Å². The van der Waals surface area contributed by atoms with Crippen LogP contribution in [-0.4, -0.2) is 11.7 Å². The standard InChI is InChI=1S/C10H12N2OS/c11-4-8-7-2-1-6(5-13)3-9(7)14-10(8)12/h6,13H,1-3,5,12H2. The van der Waals surface area contributed by atoms with Crippen molar-refractivity contribution in [1.29, 1.82) is 5.26 Å². The summed E-state index contributed by atoms with van der Waals surface area (Å²) in [7, 11) is 0. The van der Waals surface area contributed by atoms with Gasteiger partial charge in [0.15, 0.2) is 0 Å². The Bertz CT molecular complexity index is 392. The second-order valence-corrected chi connectivity index (χ2v) is 4.78. The lowest BCUT2D eigenvalue weighted by atomic mass is 9.88. The number of aliphatic hydroxyl groups excluding tert-OH is 1. The van der Waals surface area contributed by atoms with Crippen LogP contribution < -0.4 is 5.73 Å². The summed E-state index contributed by atoms with van der Waals surface area (Å²) in [4.78, 5) is 1.20. The van der Waals surface area contributed by atoms with Crippen LogP contribution in [-0.2, 0) is 12.8 Å². The first-order valence-corrected chi connectivity index (χ1v) is 5.49. The smallest absolute Gasteiger partial charge is 0.104 e. The molecule has 3 nitrogen and oxygen atoms in total. The molecule has 3 N–H and O–H groups in total. The van der Waals surface area contributed by atoms with E-state index in [1.54, 1.807) is 0 Å². The van der Waals surface area contributed by atoms with E-state index < -0.39 is 0 Å². The zero-order valence-electron chi connectivity index (χ0n) is 7.79. The molecule has 0 saturated heterocycles. The fourth-order valence-electron chi connectivity index (χ4n) is 1.95. The lowest BCUT2D eigenvalue weighted by Crippen LogP contribution is -2.16. The van der Waals surface area contributed by atoms with E-state index in [0.717, 1.165) is 24.8 Å². The van der Waals surface area contributed by atoms with Gasteiger partial charge in [0.1, 0.15) is 11.1 Å². The van der Waals surface area contributed by atoms with E-state index >= 15 is 0 Å². The molecule has 74 valence electrons. The number of thiophene rings is 1. The first-order valence-electron chi connectivity index (χ1n) is 4.67. The fourth-order valence-corrected chi connectivity index (χ4v) is 3.14. The molecule has 0 bridgehead atoms. The maximum absolute atomic E-state index is 9.06. The van der Waals surface area contributed by atoms with Crippen molar-refractivity contribution in [3.63, 3.8) is 0 Å². The molecule has 1 heterocycles. The lowest BCUT2D eigenvalue weighted by Gasteiger charge is -2.19. The molecule has 0 radical (unpaired) electrons. The zero-order chi connectivity index (χ0) is 10.1. The number of hydrogen-bond donors (Lipinski definition) is 2. The van der Waals surface area contributed by atoms with Gasteiger partial charge in [0, 0.05) is 11.5 Å². The van der Waals surface area contributed by atoms with E-state index in [1.165, 1.54) is 16.2 Å². The van der Waals surface area contributed by atoms with Gasteiger partial charge in [-0.05, 0) is 30.7 Å². The SMILES string of the molecule is N#Cc1c(N)sc2c1CCC(CO)C2. The molecule has 0 amide bonds. The van der Waals surface area contributed by atoms with Crippen LogP contribution in [0.1, 0.15) is 22.4 Å². The van der Waals surface area contributed by atoms with Crippen molar-refractivity contribution in [1.82, 2.24) is 0 Å². The van der Waals surface area contributed by atoms with Crippen molar-refractivity contribution in [2.45, 2.75) is 19.3 Å². The molecule has 1 unspecified atom stereocenters. The summed E-state index contributed by atoms with van der Waals surface area (Å²) < 4.78 is 0. The normalized spacial score (nSPS) is 20.1. The van der Waals surface area contributed by atoms with Crippen molar-refractivity contribution < 1.29 is 5.11 Å². The van der Waals surface area contributed by atoms with E-state index in [1.807, 2.05) is 0 Å². The van der Waals surface area contributed by atoms with Gasteiger partial charge in [-0.3, -0.25) is 0 Å². The molecule has 1 aliphatic rings. The number of hydrogen-bond acceptors (Lipinski definition) is 4. The van der Waals surface area contributed by atoms with Crippen LogP contribution in [0.25, 0.3) is 0 Å². The second-order valence-electron chi connectivity index (χ2n) is 3.65. The molecule has 14 heavy (non-hydrogen) atoms. The molecule has 2 rings (SSSR count). The molecule has 1 aliphatic carbocycles. The van der Waals surface area contributed by atoms with Crippen molar-refractivity contribution in [3.8, 4) is 6.07 Å². The first kappa shape index (κ1) is 9.50. The van der Waals surface area contributed by atoms with Crippen LogP contribution in [0.15, 0.2) is 0 Å². The predicted molar refractivity (Wildman–Crippen MR) is 56.0 cm³/mol. The Labute approximate surface area is 86.8 Å². The first-order chi connectivity index (χ1) is 6.76. The van der Waals surface area contributed by atoms with Crippen LogP contribution in [0.5, 0.6) is 0 Å². The summed E-state index contributed by atoms with van der Waals surface area (Å²) in [6.45, 7) is 0.235. The van der Waals surface area contributed by atoms with Gasteiger partial charge >= 0.3 is 0 Å². The number of nitriles is 1. The Morgan fingerprint density at radius 1 is 1.64 bits per heavy atom. The largest absolute Gasteiger partial charge is 0.396 e. The fraction of sp³-hybridized carbons (Fsp3) is 0.500. The number of anilines is 1. The summed E-state index contributed by atoms with van der Waals surface area (Å²) in [5, 5.41) is 18.6. The van der Waals surface area contributed by atoms with Crippen molar-refractivity contribution in [2.24, 2.45) is 5.92 Å². The molecule has 4 heteroatoms. The third-order valence-electron chi connectivity index (χ3n) is 2.76.